The second kappa shape index (κ2) is 3.49. The Morgan fingerprint density at radius 2 is 1.79 bits per heavy atom. The molecule has 0 aromatic rings. The first-order chi connectivity index (χ1) is 6.14. The molecule has 1 aliphatic heterocycles. The van der Waals surface area contributed by atoms with Gasteiger partial charge in [0.25, 0.3) is 0 Å². The van der Waals surface area contributed by atoms with E-state index in [1.807, 2.05) is 6.92 Å². The molecule has 0 aromatic carbocycles. The number of aliphatic hydroxyl groups excluding tert-OH is 1. The van der Waals surface area contributed by atoms with E-state index >= 15 is 0 Å². The standard InChI is InChI=1S/C12H24O2/c1-8-10(13)12(5,6)7-9(14-8)11(2,3)4/h8-10,13H,7H2,1-6H3/t8?,9-,10+/m1/s1. The van der Waals surface area contributed by atoms with Crippen LogP contribution in [0.25, 0.3) is 0 Å². The Morgan fingerprint density at radius 3 is 2.14 bits per heavy atom. The minimum absolute atomic E-state index is 0.0321. The average molecular weight is 200 g/mol. The molecule has 0 spiro atoms. The molecule has 1 N–H and O–H groups in total. The van der Waals surface area contributed by atoms with Crippen LogP contribution < -0.4 is 0 Å². The number of aliphatic hydroxyl groups is 1. The van der Waals surface area contributed by atoms with E-state index in [0.717, 1.165) is 6.42 Å². The van der Waals surface area contributed by atoms with Crippen LogP contribution >= 0.6 is 0 Å². The first-order valence-corrected chi connectivity index (χ1v) is 5.48. The van der Waals surface area contributed by atoms with Crippen LogP contribution in [0, 0.1) is 10.8 Å². The first-order valence-electron chi connectivity index (χ1n) is 5.48. The zero-order valence-electron chi connectivity index (χ0n) is 10.3. The molecule has 3 atom stereocenters. The van der Waals surface area contributed by atoms with Crippen molar-refractivity contribution in [2.24, 2.45) is 10.8 Å². The molecule has 0 radical (unpaired) electrons. The summed E-state index contributed by atoms with van der Waals surface area (Å²) in [6.07, 6.45) is 0.780. The molecule has 1 heterocycles. The van der Waals surface area contributed by atoms with E-state index < -0.39 is 0 Å². The Kier molecular flexibility index (Phi) is 2.99. The summed E-state index contributed by atoms with van der Waals surface area (Å²) in [4.78, 5) is 0. The quantitative estimate of drug-likeness (QED) is 0.651. The van der Waals surface area contributed by atoms with Gasteiger partial charge in [-0.3, -0.25) is 0 Å². The van der Waals surface area contributed by atoms with Gasteiger partial charge in [-0.15, -0.1) is 0 Å². The lowest BCUT2D eigenvalue weighted by atomic mass is 9.71. The zero-order chi connectivity index (χ0) is 11.1. The molecule has 14 heavy (non-hydrogen) atoms. The molecule has 0 aromatic heterocycles. The molecule has 1 unspecified atom stereocenters. The highest BCUT2D eigenvalue weighted by molar-refractivity contribution is 4.93. The van der Waals surface area contributed by atoms with Crippen molar-refractivity contribution in [3.05, 3.63) is 0 Å². The molecule has 1 rings (SSSR count). The van der Waals surface area contributed by atoms with Crippen LogP contribution in [0.5, 0.6) is 0 Å². The fourth-order valence-corrected chi connectivity index (χ4v) is 2.13. The molecule has 0 saturated carbocycles. The van der Waals surface area contributed by atoms with Crippen molar-refractivity contribution in [2.45, 2.75) is 66.3 Å². The van der Waals surface area contributed by atoms with E-state index in [1.54, 1.807) is 0 Å². The average Bonchev–Trinajstić information content (AvgIpc) is 1.97. The smallest absolute Gasteiger partial charge is 0.0850 e. The third kappa shape index (κ3) is 2.29. The largest absolute Gasteiger partial charge is 0.390 e. The first kappa shape index (κ1) is 12.0. The maximum atomic E-state index is 9.96. The van der Waals surface area contributed by atoms with Gasteiger partial charge in [-0.2, -0.15) is 0 Å². The molecule has 1 fully saturated rings. The molecule has 0 bridgehead atoms. The summed E-state index contributed by atoms with van der Waals surface area (Å²) < 4.78 is 5.85. The summed E-state index contributed by atoms with van der Waals surface area (Å²) in [5.41, 5.74) is 0.126. The fraction of sp³-hybridized carbons (Fsp3) is 1.00. The number of ether oxygens (including phenoxy) is 1. The van der Waals surface area contributed by atoms with Crippen LogP contribution in [-0.2, 0) is 4.74 Å². The third-order valence-corrected chi connectivity index (χ3v) is 3.30. The Hall–Kier alpha value is -0.0800. The van der Waals surface area contributed by atoms with Gasteiger partial charge in [-0.1, -0.05) is 34.6 Å². The van der Waals surface area contributed by atoms with Crippen LogP contribution in [0.1, 0.15) is 48.0 Å². The lowest BCUT2D eigenvalue weighted by Crippen LogP contribution is -2.51. The van der Waals surface area contributed by atoms with Crippen LogP contribution in [-0.4, -0.2) is 23.4 Å². The number of rotatable bonds is 0. The van der Waals surface area contributed by atoms with Crippen molar-refractivity contribution in [3.63, 3.8) is 0 Å². The predicted molar refractivity (Wildman–Crippen MR) is 58.2 cm³/mol. The van der Waals surface area contributed by atoms with Gasteiger partial charge in [-0.05, 0) is 24.2 Å². The van der Waals surface area contributed by atoms with E-state index in [4.69, 9.17) is 4.74 Å². The summed E-state index contributed by atoms with van der Waals surface area (Å²) in [5.74, 6) is 0. The highest BCUT2D eigenvalue weighted by Crippen LogP contribution is 2.41. The highest BCUT2D eigenvalue weighted by atomic mass is 16.5. The lowest BCUT2D eigenvalue weighted by Gasteiger charge is -2.47. The molecule has 0 amide bonds. The summed E-state index contributed by atoms with van der Waals surface area (Å²) in [6.45, 7) is 12.8. The monoisotopic (exact) mass is 200 g/mol. The van der Waals surface area contributed by atoms with Crippen molar-refractivity contribution in [3.8, 4) is 0 Å². The van der Waals surface area contributed by atoms with E-state index in [1.165, 1.54) is 0 Å². The molecule has 1 aliphatic rings. The van der Waals surface area contributed by atoms with Crippen molar-refractivity contribution < 1.29 is 9.84 Å². The van der Waals surface area contributed by atoms with Crippen LogP contribution in [0.3, 0.4) is 0 Å². The minimum Gasteiger partial charge on any atom is -0.390 e. The maximum absolute atomic E-state index is 9.96. The summed E-state index contributed by atoms with van der Waals surface area (Å²) in [6, 6.07) is 0. The van der Waals surface area contributed by atoms with Crippen molar-refractivity contribution in [2.75, 3.05) is 0 Å². The van der Waals surface area contributed by atoms with Crippen LogP contribution in [0.2, 0.25) is 0 Å². The Bertz CT molecular complexity index is 203. The summed E-state index contributed by atoms with van der Waals surface area (Å²) in [7, 11) is 0. The Morgan fingerprint density at radius 1 is 1.29 bits per heavy atom. The molecule has 0 aliphatic carbocycles. The Labute approximate surface area is 87.7 Å². The second-order valence-corrected chi connectivity index (χ2v) is 6.33. The SMILES string of the molecule is CC1O[C@@H](C(C)(C)C)CC(C)(C)[C@H]1O. The lowest BCUT2D eigenvalue weighted by molar-refractivity contribution is -0.190. The van der Waals surface area contributed by atoms with Gasteiger partial charge in [0.05, 0.1) is 18.3 Å². The van der Waals surface area contributed by atoms with Gasteiger partial charge in [0.15, 0.2) is 0 Å². The number of hydrogen-bond acceptors (Lipinski definition) is 2. The fourth-order valence-electron chi connectivity index (χ4n) is 2.13. The summed E-state index contributed by atoms with van der Waals surface area (Å²) in [5, 5.41) is 9.96. The van der Waals surface area contributed by atoms with Gasteiger partial charge in [0, 0.05) is 0 Å². The normalized spacial score (nSPS) is 38.4. The van der Waals surface area contributed by atoms with Gasteiger partial charge in [-0.25, -0.2) is 0 Å². The van der Waals surface area contributed by atoms with Crippen molar-refractivity contribution in [1.29, 1.82) is 0 Å². The number of hydrogen-bond donors (Lipinski definition) is 1. The predicted octanol–water partition coefficient (Wildman–Crippen LogP) is 2.60. The molecule has 84 valence electrons. The highest BCUT2D eigenvalue weighted by Gasteiger charge is 2.44. The van der Waals surface area contributed by atoms with Crippen molar-refractivity contribution in [1.82, 2.24) is 0 Å². The maximum Gasteiger partial charge on any atom is 0.0850 e. The zero-order valence-corrected chi connectivity index (χ0v) is 10.3. The molecule has 2 nitrogen and oxygen atoms in total. The molecule has 1 saturated heterocycles. The minimum atomic E-state index is -0.346. The third-order valence-electron chi connectivity index (χ3n) is 3.30. The second-order valence-electron chi connectivity index (χ2n) is 6.33. The van der Waals surface area contributed by atoms with Gasteiger partial charge < -0.3 is 9.84 Å². The van der Waals surface area contributed by atoms with Crippen LogP contribution in [0.4, 0.5) is 0 Å². The van der Waals surface area contributed by atoms with E-state index in [9.17, 15) is 5.11 Å². The van der Waals surface area contributed by atoms with E-state index in [0.29, 0.717) is 0 Å². The van der Waals surface area contributed by atoms with E-state index in [2.05, 4.69) is 34.6 Å². The molecule has 2 heteroatoms. The van der Waals surface area contributed by atoms with E-state index in [-0.39, 0.29) is 29.1 Å². The van der Waals surface area contributed by atoms with Gasteiger partial charge in [0.1, 0.15) is 0 Å². The van der Waals surface area contributed by atoms with Crippen LogP contribution in [0.15, 0.2) is 0 Å². The Balaban J connectivity index is 2.79. The summed E-state index contributed by atoms with van der Waals surface area (Å²) >= 11 is 0. The molecular weight excluding hydrogens is 176 g/mol. The van der Waals surface area contributed by atoms with Gasteiger partial charge >= 0.3 is 0 Å². The topological polar surface area (TPSA) is 29.5 Å². The van der Waals surface area contributed by atoms with Gasteiger partial charge in [0.2, 0.25) is 0 Å². The van der Waals surface area contributed by atoms with Crippen molar-refractivity contribution >= 4 is 0 Å². The molecular formula is C12H24O2.